The van der Waals surface area contributed by atoms with Gasteiger partial charge in [0.25, 0.3) is 0 Å². The number of nitrogens with two attached hydrogens (primary N) is 1. The van der Waals surface area contributed by atoms with Crippen LogP contribution in [-0.4, -0.2) is 29.7 Å². The van der Waals surface area contributed by atoms with Crippen LogP contribution in [0.1, 0.15) is 29.2 Å². The molecule has 5 nitrogen and oxygen atoms in total. The summed E-state index contributed by atoms with van der Waals surface area (Å²) in [6.07, 6.45) is -3.00. The van der Waals surface area contributed by atoms with E-state index in [1.165, 1.54) is 6.07 Å². The topological polar surface area (TPSA) is 73.1 Å². The predicted octanol–water partition coefficient (Wildman–Crippen LogP) is 3.24. The van der Waals surface area contributed by atoms with Gasteiger partial charge in [-0.15, -0.1) is 0 Å². The van der Waals surface area contributed by atoms with Crippen molar-refractivity contribution in [2.75, 3.05) is 30.8 Å². The lowest BCUT2D eigenvalue weighted by molar-refractivity contribution is -0.137. The Morgan fingerprint density at radius 2 is 2.08 bits per heavy atom. The second-order valence-electron chi connectivity index (χ2n) is 5.97. The molecule has 0 spiro atoms. The van der Waals surface area contributed by atoms with E-state index in [-0.39, 0.29) is 11.9 Å². The summed E-state index contributed by atoms with van der Waals surface area (Å²) in [6.45, 7) is 1.76. The molecule has 1 saturated heterocycles. The van der Waals surface area contributed by atoms with Gasteiger partial charge in [0.1, 0.15) is 5.82 Å². The number of ether oxygens (including phenoxy) is 1. The lowest BCUT2D eigenvalue weighted by Crippen LogP contribution is -2.11. The highest BCUT2D eigenvalue weighted by atomic mass is 19.4. The summed E-state index contributed by atoms with van der Waals surface area (Å²) in [5.41, 5.74) is 6.54. The van der Waals surface area contributed by atoms with Gasteiger partial charge in [0.2, 0.25) is 5.95 Å². The van der Waals surface area contributed by atoms with Crippen molar-refractivity contribution < 1.29 is 17.9 Å². The van der Waals surface area contributed by atoms with E-state index >= 15 is 0 Å². The maximum Gasteiger partial charge on any atom is 0.416 e. The Balaban J connectivity index is 1.62. The maximum atomic E-state index is 12.7. The quantitative estimate of drug-likeness (QED) is 0.864. The van der Waals surface area contributed by atoms with Crippen molar-refractivity contribution in [2.24, 2.45) is 0 Å². The third kappa shape index (κ3) is 4.60. The summed E-state index contributed by atoms with van der Waals surface area (Å²) in [4.78, 5) is 8.37. The van der Waals surface area contributed by atoms with Crippen LogP contribution < -0.4 is 11.1 Å². The summed E-state index contributed by atoms with van der Waals surface area (Å²) >= 11 is 0. The molecule has 1 fully saturated rings. The molecule has 2 heterocycles. The van der Waals surface area contributed by atoms with E-state index in [1.54, 1.807) is 6.07 Å². The molecule has 1 atom stereocenters. The SMILES string of the molecule is Nc1nc(NCCc2cccc(C(F)(F)F)c2)cc([C@H]2CCOC2)n1. The maximum absolute atomic E-state index is 12.7. The van der Waals surface area contributed by atoms with E-state index in [4.69, 9.17) is 10.5 Å². The van der Waals surface area contributed by atoms with E-state index in [9.17, 15) is 13.2 Å². The molecular formula is C17H19F3N4O. The number of anilines is 2. The van der Waals surface area contributed by atoms with Crippen LogP contribution in [0.15, 0.2) is 30.3 Å². The smallest absolute Gasteiger partial charge is 0.381 e. The number of aromatic nitrogens is 2. The Bertz CT molecular complexity index is 730. The Morgan fingerprint density at radius 1 is 1.24 bits per heavy atom. The van der Waals surface area contributed by atoms with Gasteiger partial charge in [-0.1, -0.05) is 18.2 Å². The molecule has 134 valence electrons. The van der Waals surface area contributed by atoms with Crippen LogP contribution in [0.3, 0.4) is 0 Å². The minimum atomic E-state index is -4.33. The van der Waals surface area contributed by atoms with Crippen molar-refractivity contribution in [1.29, 1.82) is 0 Å². The van der Waals surface area contributed by atoms with Crippen LogP contribution in [0.2, 0.25) is 0 Å². The highest BCUT2D eigenvalue weighted by Gasteiger charge is 2.30. The number of hydrogen-bond donors (Lipinski definition) is 2. The standard InChI is InChI=1S/C17H19F3N4O/c18-17(19,20)13-3-1-2-11(8-13)4-6-22-15-9-14(23-16(21)24-15)12-5-7-25-10-12/h1-3,8-9,12H,4-7,10H2,(H3,21,22,23,24)/t12-/m0/s1. The Morgan fingerprint density at radius 3 is 2.80 bits per heavy atom. The minimum absolute atomic E-state index is 0.172. The molecule has 3 rings (SSSR count). The second kappa shape index (κ2) is 7.26. The van der Waals surface area contributed by atoms with Crippen LogP contribution in [-0.2, 0) is 17.3 Å². The van der Waals surface area contributed by atoms with Gasteiger partial charge >= 0.3 is 6.18 Å². The summed E-state index contributed by atoms with van der Waals surface area (Å²) in [7, 11) is 0. The molecule has 0 unspecified atom stereocenters. The van der Waals surface area contributed by atoms with Gasteiger partial charge in [0, 0.05) is 25.1 Å². The van der Waals surface area contributed by atoms with Crippen LogP contribution in [0.4, 0.5) is 24.9 Å². The fraction of sp³-hybridized carbons (Fsp3) is 0.412. The molecule has 1 aliphatic heterocycles. The molecular weight excluding hydrogens is 333 g/mol. The molecule has 0 aliphatic carbocycles. The van der Waals surface area contributed by atoms with Crippen LogP contribution in [0.5, 0.6) is 0 Å². The van der Waals surface area contributed by atoms with Gasteiger partial charge < -0.3 is 15.8 Å². The summed E-state index contributed by atoms with van der Waals surface area (Å²) < 4.78 is 43.6. The monoisotopic (exact) mass is 352 g/mol. The summed E-state index contributed by atoms with van der Waals surface area (Å²) in [5.74, 6) is 0.946. The Labute approximate surface area is 143 Å². The highest BCUT2D eigenvalue weighted by molar-refractivity contribution is 5.42. The van der Waals surface area contributed by atoms with Gasteiger partial charge in [-0.2, -0.15) is 18.2 Å². The average Bonchev–Trinajstić information content (AvgIpc) is 3.08. The van der Waals surface area contributed by atoms with Crippen LogP contribution in [0.25, 0.3) is 0 Å². The first-order valence-corrected chi connectivity index (χ1v) is 8.04. The second-order valence-corrected chi connectivity index (χ2v) is 5.97. The number of nitrogens with one attached hydrogen (secondary N) is 1. The normalized spacial score (nSPS) is 17.6. The zero-order chi connectivity index (χ0) is 17.9. The summed E-state index contributed by atoms with van der Waals surface area (Å²) in [5, 5.41) is 3.10. The van der Waals surface area contributed by atoms with Crippen molar-refractivity contribution in [2.45, 2.75) is 24.9 Å². The van der Waals surface area contributed by atoms with Crippen LogP contribution >= 0.6 is 0 Å². The van der Waals surface area contributed by atoms with Gasteiger partial charge in [-0.3, -0.25) is 0 Å². The van der Waals surface area contributed by atoms with Crippen molar-refractivity contribution in [3.05, 3.63) is 47.2 Å². The minimum Gasteiger partial charge on any atom is -0.381 e. The largest absolute Gasteiger partial charge is 0.416 e. The van der Waals surface area contributed by atoms with E-state index in [1.807, 2.05) is 6.07 Å². The van der Waals surface area contributed by atoms with Gasteiger partial charge in [0.05, 0.1) is 17.9 Å². The van der Waals surface area contributed by atoms with Gasteiger partial charge in [-0.05, 0) is 24.5 Å². The fourth-order valence-corrected chi connectivity index (χ4v) is 2.79. The van der Waals surface area contributed by atoms with Gasteiger partial charge in [-0.25, -0.2) is 4.98 Å². The molecule has 1 aromatic heterocycles. The molecule has 0 radical (unpaired) electrons. The molecule has 8 heteroatoms. The van der Waals surface area contributed by atoms with Crippen molar-refractivity contribution in [3.8, 4) is 0 Å². The van der Waals surface area contributed by atoms with E-state index < -0.39 is 11.7 Å². The predicted molar refractivity (Wildman–Crippen MR) is 88.3 cm³/mol. The Hall–Kier alpha value is -2.35. The van der Waals surface area contributed by atoms with Crippen LogP contribution in [0, 0.1) is 0 Å². The molecule has 0 amide bonds. The number of halogens is 3. The summed E-state index contributed by atoms with van der Waals surface area (Å²) in [6, 6.07) is 7.14. The number of hydrogen-bond acceptors (Lipinski definition) is 5. The lowest BCUT2D eigenvalue weighted by Gasteiger charge is -2.12. The molecule has 0 saturated carbocycles. The lowest BCUT2D eigenvalue weighted by atomic mass is 10.0. The number of alkyl halides is 3. The fourth-order valence-electron chi connectivity index (χ4n) is 2.79. The zero-order valence-electron chi connectivity index (χ0n) is 13.5. The zero-order valence-corrected chi connectivity index (χ0v) is 13.5. The third-order valence-corrected chi connectivity index (χ3v) is 4.09. The number of nitrogen functional groups attached to an aromatic ring is 1. The van der Waals surface area contributed by atoms with E-state index in [0.717, 1.165) is 24.2 Å². The number of rotatable bonds is 5. The van der Waals surface area contributed by atoms with Crippen molar-refractivity contribution in [3.63, 3.8) is 0 Å². The molecule has 3 N–H and O–H groups in total. The third-order valence-electron chi connectivity index (χ3n) is 4.09. The van der Waals surface area contributed by atoms with E-state index in [2.05, 4.69) is 15.3 Å². The highest BCUT2D eigenvalue weighted by Crippen LogP contribution is 2.29. The average molecular weight is 352 g/mol. The first kappa shape index (κ1) is 17.5. The first-order chi connectivity index (χ1) is 11.9. The number of nitrogens with zero attached hydrogens (tertiary/aromatic N) is 2. The molecule has 2 aromatic rings. The molecule has 1 aliphatic rings. The van der Waals surface area contributed by atoms with Gasteiger partial charge in [0.15, 0.2) is 0 Å². The first-order valence-electron chi connectivity index (χ1n) is 8.04. The molecule has 25 heavy (non-hydrogen) atoms. The molecule has 0 bridgehead atoms. The number of benzene rings is 1. The van der Waals surface area contributed by atoms with Crippen molar-refractivity contribution in [1.82, 2.24) is 9.97 Å². The Kier molecular flexibility index (Phi) is 5.08. The van der Waals surface area contributed by atoms with E-state index in [0.29, 0.717) is 37.6 Å². The van der Waals surface area contributed by atoms with Crippen molar-refractivity contribution >= 4 is 11.8 Å². The molecule has 1 aromatic carbocycles.